The molecule has 0 saturated heterocycles. The van der Waals surface area contributed by atoms with Gasteiger partial charge in [-0.1, -0.05) is 13.3 Å². The van der Waals surface area contributed by atoms with Gasteiger partial charge in [0, 0.05) is 18.8 Å². The molecule has 0 aliphatic carbocycles. The average molecular weight is 749 g/mol. The van der Waals surface area contributed by atoms with E-state index in [-0.39, 0.29) is 19.2 Å². The van der Waals surface area contributed by atoms with Crippen molar-refractivity contribution in [2.24, 2.45) is 0 Å². The molecule has 0 unspecified atom stereocenters. The smallest absolute Gasteiger partial charge is 0.338 e. The SMILES string of the molecule is CCCCNc1ccc(C(=O)OCCOCCOCCOCCOCCOCCOCCOCCOCCOCCNC(=O)COCC(=O)O)cc1. The van der Waals surface area contributed by atoms with Crippen LogP contribution in [0.15, 0.2) is 24.3 Å². The second-order valence-corrected chi connectivity index (χ2v) is 10.7. The standard InChI is InChI=1S/C35H60N2O15/c1-2-3-8-36-32-6-4-31(5-7-32)35(41)52-28-27-50-26-25-49-24-23-48-22-21-47-20-19-46-18-17-45-16-15-44-14-13-43-12-11-42-10-9-37-33(38)29-51-30-34(39)40/h4-7,36H,2-3,8-30H2,1H3,(H,37,38)(H,39,40). The Morgan fingerprint density at radius 3 is 1.33 bits per heavy atom. The van der Waals surface area contributed by atoms with Crippen LogP contribution in [-0.2, 0) is 61.7 Å². The van der Waals surface area contributed by atoms with Gasteiger partial charge in [0.1, 0.15) is 19.8 Å². The fourth-order valence-electron chi connectivity index (χ4n) is 3.82. The number of carboxylic acid groups (broad SMARTS) is 1. The van der Waals surface area contributed by atoms with Crippen molar-refractivity contribution in [3.05, 3.63) is 29.8 Å². The highest BCUT2D eigenvalue weighted by molar-refractivity contribution is 5.89. The van der Waals surface area contributed by atoms with Gasteiger partial charge in [-0.3, -0.25) is 4.79 Å². The predicted molar refractivity (Wildman–Crippen MR) is 189 cm³/mol. The van der Waals surface area contributed by atoms with Crippen molar-refractivity contribution < 1.29 is 71.6 Å². The average Bonchev–Trinajstić information content (AvgIpc) is 3.14. The number of hydrogen-bond acceptors (Lipinski definition) is 15. The van der Waals surface area contributed by atoms with Gasteiger partial charge in [-0.05, 0) is 30.7 Å². The first-order valence-electron chi connectivity index (χ1n) is 17.8. The zero-order valence-electron chi connectivity index (χ0n) is 30.6. The summed E-state index contributed by atoms with van der Waals surface area (Å²) in [6.45, 7) is 10.4. The summed E-state index contributed by atoms with van der Waals surface area (Å²) in [5.74, 6) is -1.90. The number of anilines is 1. The molecule has 1 amide bonds. The van der Waals surface area contributed by atoms with Crippen LogP contribution in [0.2, 0.25) is 0 Å². The van der Waals surface area contributed by atoms with Crippen molar-refractivity contribution >= 4 is 23.5 Å². The van der Waals surface area contributed by atoms with Gasteiger partial charge in [0.25, 0.3) is 0 Å². The number of esters is 1. The van der Waals surface area contributed by atoms with Crippen LogP contribution in [0.1, 0.15) is 30.1 Å². The van der Waals surface area contributed by atoms with Crippen LogP contribution >= 0.6 is 0 Å². The van der Waals surface area contributed by atoms with E-state index in [9.17, 15) is 14.4 Å². The van der Waals surface area contributed by atoms with Gasteiger partial charge in [-0.25, -0.2) is 9.59 Å². The lowest BCUT2D eigenvalue weighted by atomic mass is 10.2. The Kier molecular flexibility index (Phi) is 32.9. The fourth-order valence-corrected chi connectivity index (χ4v) is 3.82. The summed E-state index contributed by atoms with van der Waals surface area (Å²) in [5.41, 5.74) is 1.50. The molecule has 0 spiro atoms. The number of amides is 1. The van der Waals surface area contributed by atoms with Crippen LogP contribution in [0, 0.1) is 0 Å². The summed E-state index contributed by atoms with van der Waals surface area (Å²) in [6.07, 6.45) is 2.23. The summed E-state index contributed by atoms with van der Waals surface area (Å²) in [7, 11) is 0. The van der Waals surface area contributed by atoms with Gasteiger partial charge in [0.2, 0.25) is 5.91 Å². The largest absolute Gasteiger partial charge is 0.480 e. The zero-order chi connectivity index (χ0) is 37.6. The molecule has 0 aliphatic heterocycles. The van der Waals surface area contributed by atoms with Gasteiger partial charge < -0.3 is 67.8 Å². The van der Waals surface area contributed by atoms with Crippen LogP contribution in [-0.4, -0.2) is 175 Å². The first-order valence-corrected chi connectivity index (χ1v) is 17.8. The fraction of sp³-hybridized carbons (Fsp3) is 0.743. The van der Waals surface area contributed by atoms with E-state index in [1.807, 2.05) is 12.1 Å². The third-order valence-electron chi connectivity index (χ3n) is 6.44. The minimum atomic E-state index is -1.13. The van der Waals surface area contributed by atoms with E-state index < -0.39 is 18.5 Å². The molecule has 0 fully saturated rings. The Morgan fingerprint density at radius 2 is 0.923 bits per heavy atom. The molecule has 1 aromatic carbocycles. The minimum absolute atomic E-state index is 0.179. The maximum Gasteiger partial charge on any atom is 0.338 e. The number of benzene rings is 1. The van der Waals surface area contributed by atoms with E-state index in [4.69, 9.17) is 52.5 Å². The third kappa shape index (κ3) is 31.7. The molecule has 0 bridgehead atoms. The van der Waals surface area contributed by atoms with Gasteiger partial charge >= 0.3 is 11.9 Å². The van der Waals surface area contributed by atoms with E-state index in [0.29, 0.717) is 131 Å². The van der Waals surface area contributed by atoms with Crippen molar-refractivity contribution in [3.63, 3.8) is 0 Å². The Labute approximate surface area is 307 Å². The first kappa shape index (κ1) is 47.1. The van der Waals surface area contributed by atoms with Crippen molar-refractivity contribution in [1.82, 2.24) is 5.32 Å². The molecular weight excluding hydrogens is 688 g/mol. The van der Waals surface area contributed by atoms with Crippen molar-refractivity contribution in [2.75, 3.05) is 157 Å². The third-order valence-corrected chi connectivity index (χ3v) is 6.44. The quantitative estimate of drug-likeness (QED) is 0.0645. The summed E-state index contributed by atoms with van der Waals surface area (Å²) < 4.78 is 58.8. The Hall–Kier alpha value is -2.97. The molecule has 52 heavy (non-hydrogen) atoms. The van der Waals surface area contributed by atoms with Crippen molar-refractivity contribution in [2.45, 2.75) is 19.8 Å². The van der Waals surface area contributed by atoms with Gasteiger partial charge in [0.15, 0.2) is 0 Å². The molecule has 0 heterocycles. The van der Waals surface area contributed by atoms with Crippen LogP contribution < -0.4 is 10.6 Å². The molecule has 0 aliphatic rings. The number of carbonyl (C=O) groups excluding carboxylic acids is 2. The molecule has 17 nitrogen and oxygen atoms in total. The number of rotatable bonds is 39. The van der Waals surface area contributed by atoms with E-state index in [1.165, 1.54) is 0 Å². The number of hydrogen-bond donors (Lipinski definition) is 3. The molecule has 17 heteroatoms. The lowest BCUT2D eigenvalue weighted by molar-refractivity contribution is -0.143. The van der Waals surface area contributed by atoms with Crippen LogP contribution in [0.3, 0.4) is 0 Å². The van der Waals surface area contributed by atoms with E-state index in [0.717, 1.165) is 25.1 Å². The number of nitrogens with one attached hydrogen (secondary N) is 2. The second kappa shape index (κ2) is 36.4. The molecule has 0 aromatic heterocycles. The van der Waals surface area contributed by atoms with Gasteiger partial charge in [-0.2, -0.15) is 0 Å². The van der Waals surface area contributed by atoms with E-state index >= 15 is 0 Å². The Balaban J connectivity index is 1.70. The van der Waals surface area contributed by atoms with Gasteiger partial charge in [-0.15, -0.1) is 0 Å². The maximum atomic E-state index is 12.1. The molecule has 0 saturated carbocycles. The normalized spacial score (nSPS) is 11.1. The highest BCUT2D eigenvalue weighted by Crippen LogP contribution is 2.11. The monoisotopic (exact) mass is 748 g/mol. The Morgan fingerprint density at radius 1 is 0.519 bits per heavy atom. The summed E-state index contributed by atoms with van der Waals surface area (Å²) in [6, 6.07) is 7.26. The van der Waals surface area contributed by atoms with Crippen molar-refractivity contribution in [1.29, 1.82) is 0 Å². The maximum absolute atomic E-state index is 12.1. The lowest BCUT2D eigenvalue weighted by Crippen LogP contribution is -2.31. The zero-order valence-corrected chi connectivity index (χ0v) is 30.6. The molecule has 1 aromatic rings. The van der Waals surface area contributed by atoms with Crippen LogP contribution in [0.5, 0.6) is 0 Å². The predicted octanol–water partition coefficient (Wildman–Crippen LogP) is 1.42. The Bertz CT molecular complexity index is 988. The lowest BCUT2D eigenvalue weighted by Gasteiger charge is -2.09. The molecular formula is C35H60N2O15. The summed E-state index contributed by atoms with van der Waals surface area (Å²) in [4.78, 5) is 33.8. The summed E-state index contributed by atoms with van der Waals surface area (Å²) in [5, 5.41) is 14.3. The molecule has 3 N–H and O–H groups in total. The van der Waals surface area contributed by atoms with Crippen LogP contribution in [0.4, 0.5) is 5.69 Å². The molecule has 1 rings (SSSR count). The number of carbonyl (C=O) groups is 3. The van der Waals surface area contributed by atoms with Crippen molar-refractivity contribution in [3.8, 4) is 0 Å². The van der Waals surface area contributed by atoms with Crippen LogP contribution in [0.25, 0.3) is 0 Å². The minimum Gasteiger partial charge on any atom is -0.480 e. The molecule has 300 valence electrons. The van der Waals surface area contributed by atoms with E-state index in [1.54, 1.807) is 12.1 Å². The highest BCUT2D eigenvalue weighted by atomic mass is 16.6. The molecule has 0 radical (unpaired) electrons. The summed E-state index contributed by atoms with van der Waals surface area (Å²) >= 11 is 0. The number of unbranched alkanes of at least 4 members (excludes halogenated alkanes) is 1. The highest BCUT2D eigenvalue weighted by Gasteiger charge is 2.07. The van der Waals surface area contributed by atoms with E-state index in [2.05, 4.69) is 22.3 Å². The number of aliphatic carboxylic acids is 1. The number of ether oxygens (including phenoxy) is 11. The second-order valence-electron chi connectivity index (χ2n) is 10.7. The van der Waals surface area contributed by atoms with Gasteiger partial charge in [0.05, 0.1) is 124 Å². The number of carboxylic acids is 1. The first-order chi connectivity index (χ1) is 25.5. The topological polar surface area (TPSA) is 197 Å². The molecule has 0 atom stereocenters.